The molecule has 21 nitrogen and oxygen atoms in total. The van der Waals surface area contributed by atoms with Crippen LogP contribution in [0.3, 0.4) is 0 Å². The topological polar surface area (TPSA) is 276 Å². The van der Waals surface area contributed by atoms with Gasteiger partial charge in [-0.1, -0.05) is 126 Å². The Morgan fingerprint density at radius 2 is 0.723 bits per heavy atom. The molecule has 530 valence electrons. The molecule has 0 aliphatic carbocycles. The third-order valence-corrected chi connectivity index (χ3v) is 16.7. The summed E-state index contributed by atoms with van der Waals surface area (Å²) in [5.74, 6) is 2.40. The zero-order valence-electron chi connectivity index (χ0n) is 59.9. The van der Waals surface area contributed by atoms with Crippen LogP contribution in [0.1, 0.15) is 86.5 Å². The number of ketones is 3. The Morgan fingerprint density at radius 1 is 0.446 bits per heavy atom. The molecule has 0 radical (unpaired) electrons. The van der Waals surface area contributed by atoms with Crippen LogP contribution in [-0.2, 0) is 47.8 Å². The Balaban J connectivity index is 0.000000776. The number of aryl methyl sites for hydroxylation is 2. The summed E-state index contributed by atoms with van der Waals surface area (Å²) in [5, 5.41) is 18.8. The second-order valence-electron chi connectivity index (χ2n) is 21.8. The first-order valence-electron chi connectivity index (χ1n) is 31.9. The number of carbonyl (C=O) groups excluding carboxylic acids is 4. The van der Waals surface area contributed by atoms with E-state index in [1.165, 1.54) is 31.2 Å². The molecular formula is C76H90N4Na2O17S2. The van der Waals surface area contributed by atoms with E-state index in [9.17, 15) is 31.2 Å². The molecule has 8 aromatic carbocycles. The summed E-state index contributed by atoms with van der Waals surface area (Å²) in [5.41, 5.74) is 5.95. The Bertz CT molecular complexity index is 3660. The molecule has 101 heavy (non-hydrogen) atoms. The van der Waals surface area contributed by atoms with Crippen LogP contribution in [0.5, 0.6) is 17.2 Å². The van der Waals surface area contributed by atoms with Gasteiger partial charge in [0.1, 0.15) is 17.2 Å². The molecule has 25 heteroatoms. The number of rotatable bonds is 38. The Morgan fingerprint density at radius 3 is 1.01 bits per heavy atom. The molecule has 0 amide bonds. The maximum absolute atomic E-state index is 12.5. The van der Waals surface area contributed by atoms with E-state index >= 15 is 0 Å². The van der Waals surface area contributed by atoms with Gasteiger partial charge < -0.3 is 50.4 Å². The first-order chi connectivity index (χ1) is 47.8. The van der Waals surface area contributed by atoms with Crippen LogP contribution in [0, 0.1) is 25.2 Å². The van der Waals surface area contributed by atoms with Gasteiger partial charge in [-0.2, -0.15) is 22.1 Å². The first kappa shape index (κ1) is 89.8. The van der Waals surface area contributed by atoms with Crippen molar-refractivity contribution < 1.29 is 139 Å². The molecule has 0 aliphatic rings. The number of benzene rings is 8. The average molecular weight is 1440 g/mol. The number of nitrogens with zero attached hydrogens (tertiary/aromatic N) is 3. The predicted octanol–water partition coefficient (Wildman–Crippen LogP) is 4.69. The van der Waals surface area contributed by atoms with Gasteiger partial charge in [-0.15, -0.1) is 0 Å². The Kier molecular flexibility index (Phi) is 46.8. The minimum atomic E-state index is -3.84. The van der Waals surface area contributed by atoms with Crippen LogP contribution in [-0.4, -0.2) is 164 Å². The smallest absolute Gasteiger partial charge is 1.00 e. The van der Waals surface area contributed by atoms with Gasteiger partial charge in [0.05, 0.1) is 75.3 Å². The molecule has 0 fully saturated rings. The van der Waals surface area contributed by atoms with Crippen molar-refractivity contribution in [3.05, 3.63) is 257 Å². The predicted molar refractivity (Wildman–Crippen MR) is 378 cm³/mol. The summed E-state index contributed by atoms with van der Waals surface area (Å²) in [7, 11) is -1.58. The molecule has 0 unspecified atom stereocenters. The van der Waals surface area contributed by atoms with E-state index in [2.05, 4.69) is 34.1 Å². The fourth-order valence-corrected chi connectivity index (χ4v) is 10.5. The zero-order valence-corrected chi connectivity index (χ0v) is 64.5. The fraction of sp³-hybridized carbons (Fsp3) is 0.303. The van der Waals surface area contributed by atoms with Gasteiger partial charge in [0.25, 0.3) is 26.7 Å². The minimum absolute atomic E-state index is 0. The van der Waals surface area contributed by atoms with Crippen molar-refractivity contribution in [2.24, 2.45) is 0 Å². The van der Waals surface area contributed by atoms with Crippen molar-refractivity contribution in [2.45, 2.75) is 49.8 Å². The quantitative estimate of drug-likeness (QED) is 0.0105. The van der Waals surface area contributed by atoms with Crippen molar-refractivity contribution in [3.63, 3.8) is 0 Å². The Labute approximate surface area is 641 Å². The summed E-state index contributed by atoms with van der Waals surface area (Å²) in [6.45, 7) is 12.3. The standard InChI is InChI=1S/C38H44N2O5.C18H22O7S2.C17H19NO2.C2H3N.CH2O3.2Na.H/c1-39(23-9-27-44-35-19-15-33(16-20-35)37(41)31-11-5-3-6-12-31)25-29-43-30-26-40(2)24-10-28-45-36-21-17-34(18-22-36)38(42)32-13-7-4-8-14-32;1-15-3-7-17(8-4-15)26(19,20)24-13-11-23-12-14-25-27(21,22)18-9-5-16(2)6-10-18;1-18-12-5-13-20-16-10-8-15(9-11-16)17(19)14-6-3-2-4-7-14;1-2-3;2-1-4-3;;;/h3-8,11-22H,9-10,23-30H2,1-2H3;3-10H,11-14H2,1-2H3;2-4,6-11,18H,5,12-13H2,1H3;1H3;1,3H;;;/q;;;;;2*+1;-1/p-1. The molecule has 0 saturated carbocycles. The van der Waals surface area contributed by atoms with Crippen LogP contribution in [0.4, 0.5) is 0 Å². The van der Waals surface area contributed by atoms with Crippen molar-refractivity contribution >= 4 is 44.1 Å². The third kappa shape index (κ3) is 36.9. The van der Waals surface area contributed by atoms with E-state index in [0.29, 0.717) is 66.4 Å². The molecule has 1 N–H and O–H groups in total. The van der Waals surface area contributed by atoms with Crippen LogP contribution in [0.15, 0.2) is 222 Å². The molecule has 8 rings (SSSR count). The summed E-state index contributed by atoms with van der Waals surface area (Å²) in [6, 6.07) is 64.2. The van der Waals surface area contributed by atoms with Gasteiger partial charge >= 0.3 is 59.1 Å². The maximum atomic E-state index is 12.5. The molecule has 0 aromatic heterocycles. The molecule has 0 spiro atoms. The van der Waals surface area contributed by atoms with Crippen molar-refractivity contribution in [1.82, 2.24) is 15.1 Å². The third-order valence-electron chi connectivity index (χ3n) is 14.0. The van der Waals surface area contributed by atoms with Gasteiger partial charge in [0, 0.05) is 66.5 Å². The molecule has 0 atom stereocenters. The van der Waals surface area contributed by atoms with E-state index in [-0.39, 0.29) is 121 Å². The van der Waals surface area contributed by atoms with Crippen LogP contribution < -0.4 is 83.9 Å². The molecule has 0 saturated heterocycles. The second-order valence-corrected chi connectivity index (χ2v) is 25.0. The van der Waals surface area contributed by atoms with Gasteiger partial charge in [0.2, 0.25) is 0 Å². The first-order valence-corrected chi connectivity index (χ1v) is 34.8. The monoisotopic (exact) mass is 1440 g/mol. The van der Waals surface area contributed by atoms with Gasteiger partial charge in [-0.3, -0.25) is 27.5 Å². The Hall–Kier alpha value is -7.29. The number of hydrogen-bond acceptors (Lipinski definition) is 21. The second kappa shape index (κ2) is 52.6. The largest absolute Gasteiger partial charge is 1.00 e. The average Bonchev–Trinajstić information content (AvgIpc) is 0.886. The van der Waals surface area contributed by atoms with Gasteiger partial charge in [-0.05, 0) is 158 Å². The van der Waals surface area contributed by atoms with Gasteiger partial charge in [-0.25, -0.2) is 0 Å². The fourth-order valence-electron chi connectivity index (χ4n) is 8.68. The van der Waals surface area contributed by atoms with Crippen LogP contribution >= 0.6 is 0 Å². The number of carbonyl (C=O) groups is 4. The molecule has 0 aliphatic heterocycles. The van der Waals surface area contributed by atoms with Crippen LogP contribution in [0.25, 0.3) is 0 Å². The maximum Gasteiger partial charge on any atom is 1.00 e. The SMILES string of the molecule is CC#N.CN(CCCOc1ccc(C(=O)c2ccccc2)cc1)CCOCCN(C)CCCOc1ccc(C(=O)c2ccccc2)cc1.CNCCCOc1ccc(C(=O)c2ccccc2)cc1.Cc1ccc(S(=O)(=O)OCCOCCOS(=O)(=O)c2ccc(C)cc2)cc1.O=CO[O-].[H-].[Na+].[Na+]. The number of hydrogen-bond donors (Lipinski definition) is 1. The van der Waals surface area contributed by atoms with E-state index < -0.39 is 20.2 Å². The molecule has 8 aromatic rings. The van der Waals surface area contributed by atoms with E-state index in [4.69, 9.17) is 47.4 Å². The summed E-state index contributed by atoms with van der Waals surface area (Å²) in [6.07, 6.45) is 2.77. The van der Waals surface area contributed by atoms with Crippen molar-refractivity contribution in [3.8, 4) is 23.3 Å². The van der Waals surface area contributed by atoms with E-state index in [1.807, 2.05) is 185 Å². The van der Waals surface area contributed by atoms with Crippen molar-refractivity contribution in [1.29, 1.82) is 5.26 Å². The normalized spacial score (nSPS) is 10.5. The summed E-state index contributed by atoms with van der Waals surface area (Å²) >= 11 is 0. The summed E-state index contributed by atoms with van der Waals surface area (Å²) in [4.78, 5) is 53.2. The molecular weight excluding hydrogens is 1350 g/mol. The van der Waals surface area contributed by atoms with Crippen molar-refractivity contribution in [2.75, 3.05) is 113 Å². The number of ether oxygens (including phenoxy) is 5. The number of nitrogens with one attached hydrogen (secondary N) is 1. The molecule has 0 heterocycles. The van der Waals surface area contributed by atoms with E-state index in [1.54, 1.807) is 30.3 Å². The van der Waals surface area contributed by atoms with Gasteiger partial charge in [0.15, 0.2) is 17.3 Å². The number of likely N-dealkylation sites (N-methyl/N-ethyl adjacent to an activating group) is 2. The molecule has 0 bridgehead atoms. The number of nitriles is 1. The van der Waals surface area contributed by atoms with Crippen LogP contribution in [0.2, 0.25) is 0 Å². The summed E-state index contributed by atoms with van der Waals surface area (Å²) < 4.78 is 85.9. The zero-order chi connectivity index (χ0) is 71.9. The minimum Gasteiger partial charge on any atom is -1.00 e. The van der Waals surface area contributed by atoms with E-state index in [0.717, 1.165) is 80.4 Å².